The van der Waals surface area contributed by atoms with Crippen LogP contribution >= 0.6 is 11.8 Å². The number of thioether (sulfide) groups is 1. The lowest BCUT2D eigenvalue weighted by Crippen LogP contribution is -2.48. The summed E-state index contributed by atoms with van der Waals surface area (Å²) in [7, 11) is 0. The van der Waals surface area contributed by atoms with Crippen LogP contribution in [0.4, 0.5) is 5.69 Å². The number of nitriles is 1. The molecule has 0 aromatic heterocycles. The Morgan fingerprint density at radius 1 is 1.44 bits per heavy atom. The summed E-state index contributed by atoms with van der Waals surface area (Å²) in [5.74, 6) is 0. The second kappa shape index (κ2) is 5.21. The zero-order valence-electron chi connectivity index (χ0n) is 11.1. The summed E-state index contributed by atoms with van der Waals surface area (Å²) >= 11 is 1.62. The highest BCUT2D eigenvalue weighted by molar-refractivity contribution is 7.98. The van der Waals surface area contributed by atoms with Gasteiger partial charge in [-0.25, -0.2) is 0 Å². The minimum absolute atomic E-state index is 0.152. The van der Waals surface area contributed by atoms with Crippen LogP contribution in [0.1, 0.15) is 19.4 Å². The molecule has 0 saturated carbocycles. The quantitative estimate of drug-likeness (QED) is 0.768. The molecule has 1 aromatic carbocycles. The first-order chi connectivity index (χ1) is 8.57. The van der Waals surface area contributed by atoms with Crippen molar-refractivity contribution in [2.24, 2.45) is 0 Å². The molecule has 0 bridgehead atoms. The van der Waals surface area contributed by atoms with Crippen molar-refractivity contribution in [3.63, 3.8) is 0 Å². The number of ether oxygens (including phenoxy) is 1. The van der Waals surface area contributed by atoms with Gasteiger partial charge in [0, 0.05) is 18.0 Å². The molecule has 3 nitrogen and oxygen atoms in total. The summed E-state index contributed by atoms with van der Waals surface area (Å²) in [5.41, 5.74) is 1.66. The van der Waals surface area contributed by atoms with E-state index in [0.29, 0.717) is 6.61 Å². The largest absolute Gasteiger partial charge is 0.372 e. The summed E-state index contributed by atoms with van der Waals surface area (Å²) in [6, 6.07) is 8.38. The van der Waals surface area contributed by atoms with Crippen LogP contribution in [-0.2, 0) is 4.74 Å². The van der Waals surface area contributed by atoms with Crippen molar-refractivity contribution in [2.75, 3.05) is 30.9 Å². The fourth-order valence-corrected chi connectivity index (χ4v) is 2.86. The van der Waals surface area contributed by atoms with E-state index < -0.39 is 0 Å². The van der Waals surface area contributed by atoms with E-state index in [-0.39, 0.29) is 5.60 Å². The molecule has 0 N–H and O–H groups in total. The van der Waals surface area contributed by atoms with Crippen molar-refractivity contribution < 1.29 is 4.74 Å². The van der Waals surface area contributed by atoms with Gasteiger partial charge >= 0.3 is 0 Å². The number of hydrogen-bond acceptors (Lipinski definition) is 4. The van der Waals surface area contributed by atoms with Crippen LogP contribution in [0.15, 0.2) is 23.1 Å². The molecule has 0 atom stereocenters. The third kappa shape index (κ3) is 2.63. The van der Waals surface area contributed by atoms with Crippen LogP contribution in [0.5, 0.6) is 0 Å². The molecule has 96 valence electrons. The molecule has 1 aliphatic rings. The monoisotopic (exact) mass is 262 g/mol. The Bertz CT molecular complexity index is 479. The Morgan fingerprint density at radius 3 is 2.83 bits per heavy atom. The Labute approximate surface area is 113 Å². The van der Waals surface area contributed by atoms with Gasteiger partial charge in [-0.2, -0.15) is 5.26 Å². The molecule has 1 saturated heterocycles. The van der Waals surface area contributed by atoms with E-state index in [1.54, 1.807) is 11.8 Å². The average Bonchev–Trinajstić information content (AvgIpc) is 2.36. The number of hydrogen-bond donors (Lipinski definition) is 0. The smallest absolute Gasteiger partial charge is 0.103 e. The SMILES string of the molecule is CSc1cccc(N2CCOC(C)(C)C2)c1C#N. The van der Waals surface area contributed by atoms with Crippen molar-refractivity contribution in [1.82, 2.24) is 0 Å². The van der Waals surface area contributed by atoms with Crippen molar-refractivity contribution in [1.29, 1.82) is 5.26 Å². The van der Waals surface area contributed by atoms with Gasteiger partial charge in [-0.3, -0.25) is 0 Å². The third-order valence-electron chi connectivity index (χ3n) is 3.10. The fraction of sp³-hybridized carbons (Fsp3) is 0.500. The maximum Gasteiger partial charge on any atom is 0.103 e. The standard InChI is InChI=1S/C14H18N2OS/c1-14(2)10-16(7-8-17-14)12-5-4-6-13(18-3)11(12)9-15/h4-6H,7-8,10H2,1-3H3. The number of morpholine rings is 1. The first-order valence-electron chi connectivity index (χ1n) is 6.03. The second-order valence-electron chi connectivity index (χ2n) is 5.00. The molecule has 1 heterocycles. The molecule has 0 spiro atoms. The Balaban J connectivity index is 2.36. The highest BCUT2D eigenvalue weighted by atomic mass is 32.2. The lowest BCUT2D eigenvalue weighted by molar-refractivity contribution is -0.0277. The van der Waals surface area contributed by atoms with Crippen LogP contribution < -0.4 is 4.90 Å². The van der Waals surface area contributed by atoms with Crippen molar-refractivity contribution in [2.45, 2.75) is 24.3 Å². The van der Waals surface area contributed by atoms with Crippen molar-refractivity contribution in [3.05, 3.63) is 23.8 Å². The highest BCUT2D eigenvalue weighted by Gasteiger charge is 2.28. The molecular formula is C14H18N2OS. The number of nitrogens with zero attached hydrogens (tertiary/aromatic N) is 2. The minimum Gasteiger partial charge on any atom is -0.372 e. The van der Waals surface area contributed by atoms with Gasteiger partial charge in [-0.15, -0.1) is 11.8 Å². The van der Waals surface area contributed by atoms with Gasteiger partial charge in [0.1, 0.15) is 6.07 Å². The number of benzene rings is 1. The zero-order valence-corrected chi connectivity index (χ0v) is 11.9. The summed E-state index contributed by atoms with van der Waals surface area (Å²) in [4.78, 5) is 3.29. The van der Waals surface area contributed by atoms with Crippen LogP contribution in [0.3, 0.4) is 0 Å². The summed E-state index contributed by atoms with van der Waals surface area (Å²) < 4.78 is 5.72. The molecule has 0 radical (unpaired) electrons. The van der Waals surface area contributed by atoms with E-state index in [1.165, 1.54) is 0 Å². The summed E-state index contributed by atoms with van der Waals surface area (Å²) in [6.07, 6.45) is 2.00. The van der Waals surface area contributed by atoms with Crippen LogP contribution in [0.25, 0.3) is 0 Å². The van der Waals surface area contributed by atoms with Gasteiger partial charge in [-0.1, -0.05) is 6.07 Å². The second-order valence-corrected chi connectivity index (χ2v) is 5.84. The Morgan fingerprint density at radius 2 is 2.22 bits per heavy atom. The van der Waals surface area contributed by atoms with Crippen LogP contribution in [0, 0.1) is 11.3 Å². The van der Waals surface area contributed by atoms with Gasteiger partial charge < -0.3 is 9.64 Å². The summed E-state index contributed by atoms with van der Waals surface area (Å²) in [6.45, 7) is 6.55. The Kier molecular flexibility index (Phi) is 3.84. The van der Waals surface area contributed by atoms with E-state index in [2.05, 4.69) is 24.8 Å². The first-order valence-corrected chi connectivity index (χ1v) is 7.26. The molecule has 2 rings (SSSR count). The van der Waals surface area contributed by atoms with Gasteiger partial charge in [-0.05, 0) is 32.2 Å². The van der Waals surface area contributed by atoms with E-state index in [1.807, 2.05) is 24.5 Å². The minimum atomic E-state index is -0.152. The van der Waals surface area contributed by atoms with Crippen LogP contribution in [-0.4, -0.2) is 31.6 Å². The normalized spacial score (nSPS) is 18.4. The predicted octanol–water partition coefficient (Wildman–Crippen LogP) is 2.90. The van der Waals surface area contributed by atoms with E-state index in [0.717, 1.165) is 29.2 Å². The van der Waals surface area contributed by atoms with Crippen LogP contribution in [0.2, 0.25) is 0 Å². The molecule has 0 aliphatic carbocycles. The lowest BCUT2D eigenvalue weighted by atomic mass is 10.1. The van der Waals surface area contributed by atoms with E-state index >= 15 is 0 Å². The van der Waals surface area contributed by atoms with Gasteiger partial charge in [0.2, 0.25) is 0 Å². The molecule has 1 aliphatic heterocycles. The van der Waals surface area contributed by atoms with Crippen molar-refractivity contribution in [3.8, 4) is 6.07 Å². The third-order valence-corrected chi connectivity index (χ3v) is 3.88. The topological polar surface area (TPSA) is 36.3 Å². The summed E-state index contributed by atoms with van der Waals surface area (Å²) in [5, 5.41) is 9.37. The molecule has 1 aromatic rings. The van der Waals surface area contributed by atoms with Gasteiger partial charge in [0.25, 0.3) is 0 Å². The first kappa shape index (κ1) is 13.3. The molecule has 0 amide bonds. The number of anilines is 1. The Hall–Kier alpha value is -1.18. The molecule has 4 heteroatoms. The lowest BCUT2D eigenvalue weighted by Gasteiger charge is -2.39. The predicted molar refractivity (Wildman–Crippen MR) is 75.2 cm³/mol. The van der Waals surface area contributed by atoms with Gasteiger partial charge in [0.05, 0.1) is 23.5 Å². The molecule has 18 heavy (non-hydrogen) atoms. The maximum atomic E-state index is 9.37. The molecular weight excluding hydrogens is 244 g/mol. The van der Waals surface area contributed by atoms with E-state index in [4.69, 9.17) is 4.74 Å². The molecule has 1 fully saturated rings. The van der Waals surface area contributed by atoms with Crippen molar-refractivity contribution >= 4 is 17.4 Å². The average molecular weight is 262 g/mol. The van der Waals surface area contributed by atoms with Gasteiger partial charge in [0.15, 0.2) is 0 Å². The fourth-order valence-electron chi connectivity index (χ4n) is 2.29. The maximum absolute atomic E-state index is 9.37. The zero-order chi connectivity index (χ0) is 13.2. The molecule has 0 unspecified atom stereocenters. The highest BCUT2D eigenvalue weighted by Crippen LogP contribution is 2.31. The number of rotatable bonds is 2. The van der Waals surface area contributed by atoms with E-state index in [9.17, 15) is 5.26 Å².